The van der Waals surface area contributed by atoms with Crippen LogP contribution in [-0.2, 0) is 17.6 Å². The van der Waals surface area contributed by atoms with Crippen LogP contribution in [0.2, 0.25) is 0 Å². The van der Waals surface area contributed by atoms with Crippen molar-refractivity contribution >= 4 is 5.91 Å². The minimum Gasteiger partial charge on any atom is -0.493 e. The Balaban J connectivity index is 1.44. The molecule has 2 aromatic carbocycles. The van der Waals surface area contributed by atoms with Gasteiger partial charge >= 0.3 is 0 Å². The zero-order chi connectivity index (χ0) is 21.3. The van der Waals surface area contributed by atoms with Crippen molar-refractivity contribution in [1.82, 2.24) is 15.1 Å². The summed E-state index contributed by atoms with van der Waals surface area (Å²) in [4.78, 5) is 12.2. The third-order valence-electron chi connectivity index (χ3n) is 5.07. The Morgan fingerprint density at radius 1 is 1.00 bits per heavy atom. The highest BCUT2D eigenvalue weighted by Gasteiger charge is 2.11. The van der Waals surface area contributed by atoms with Crippen molar-refractivity contribution in [3.63, 3.8) is 0 Å². The number of carbonyl (C=O) groups is 1. The van der Waals surface area contributed by atoms with E-state index in [4.69, 9.17) is 9.47 Å². The second-order valence-electron chi connectivity index (χ2n) is 7.13. The molecular formula is C24H29N3O3. The number of carbonyl (C=O) groups excluding carboxylic acids is 1. The number of methoxy groups -OCH3 is 2. The van der Waals surface area contributed by atoms with E-state index >= 15 is 0 Å². The zero-order valence-corrected chi connectivity index (χ0v) is 17.9. The van der Waals surface area contributed by atoms with Gasteiger partial charge in [0.2, 0.25) is 5.91 Å². The van der Waals surface area contributed by atoms with Gasteiger partial charge in [0.05, 0.1) is 25.6 Å². The summed E-state index contributed by atoms with van der Waals surface area (Å²) in [6.45, 7) is 2.67. The molecule has 6 heteroatoms. The summed E-state index contributed by atoms with van der Waals surface area (Å²) in [6.07, 6.45) is 4.84. The minimum atomic E-state index is 0.0385. The number of rotatable bonds is 10. The average molecular weight is 408 g/mol. The van der Waals surface area contributed by atoms with Crippen molar-refractivity contribution in [3.8, 4) is 17.2 Å². The Morgan fingerprint density at radius 3 is 2.53 bits per heavy atom. The van der Waals surface area contributed by atoms with Crippen molar-refractivity contribution in [2.24, 2.45) is 0 Å². The Kier molecular flexibility index (Phi) is 7.49. The molecule has 158 valence electrons. The van der Waals surface area contributed by atoms with Gasteiger partial charge in [-0.05, 0) is 55.5 Å². The Hall–Kier alpha value is -3.28. The fourth-order valence-electron chi connectivity index (χ4n) is 3.45. The number of ether oxygens (including phenoxy) is 2. The molecule has 0 atom stereocenters. The summed E-state index contributed by atoms with van der Waals surface area (Å²) in [7, 11) is 3.23. The van der Waals surface area contributed by atoms with Crippen LogP contribution < -0.4 is 14.8 Å². The quantitative estimate of drug-likeness (QED) is 0.518. The second kappa shape index (κ2) is 10.5. The van der Waals surface area contributed by atoms with E-state index in [1.54, 1.807) is 14.2 Å². The van der Waals surface area contributed by atoms with Crippen LogP contribution in [0.4, 0.5) is 0 Å². The Bertz CT molecular complexity index is 967. The fourth-order valence-corrected chi connectivity index (χ4v) is 3.45. The molecule has 1 amide bonds. The summed E-state index contributed by atoms with van der Waals surface area (Å²) in [5, 5.41) is 7.60. The maximum Gasteiger partial charge on any atom is 0.220 e. The van der Waals surface area contributed by atoms with Crippen molar-refractivity contribution in [3.05, 3.63) is 71.5 Å². The van der Waals surface area contributed by atoms with E-state index in [1.165, 1.54) is 5.56 Å². The van der Waals surface area contributed by atoms with Crippen molar-refractivity contribution in [2.75, 3.05) is 20.8 Å². The van der Waals surface area contributed by atoms with E-state index < -0.39 is 0 Å². The number of aromatic nitrogens is 2. The number of nitrogens with zero attached hydrogens (tertiary/aromatic N) is 2. The summed E-state index contributed by atoms with van der Waals surface area (Å²) in [5.74, 6) is 1.41. The normalized spacial score (nSPS) is 10.6. The third-order valence-corrected chi connectivity index (χ3v) is 5.07. The van der Waals surface area contributed by atoms with Gasteiger partial charge in [-0.1, -0.05) is 30.3 Å². The van der Waals surface area contributed by atoms with Gasteiger partial charge < -0.3 is 14.8 Å². The molecule has 0 aliphatic carbocycles. The van der Waals surface area contributed by atoms with Crippen LogP contribution in [0.15, 0.2) is 54.7 Å². The van der Waals surface area contributed by atoms with Gasteiger partial charge in [0.15, 0.2) is 11.5 Å². The number of aryl methyl sites for hydroxylation is 3. The van der Waals surface area contributed by atoms with Crippen molar-refractivity contribution < 1.29 is 14.3 Å². The Morgan fingerprint density at radius 2 is 1.80 bits per heavy atom. The first kappa shape index (κ1) is 21.4. The lowest BCUT2D eigenvalue weighted by molar-refractivity contribution is -0.121. The van der Waals surface area contributed by atoms with Gasteiger partial charge in [0.25, 0.3) is 0 Å². The number of benzene rings is 2. The molecule has 1 N–H and O–H groups in total. The highest BCUT2D eigenvalue weighted by Crippen LogP contribution is 2.31. The monoisotopic (exact) mass is 407 g/mol. The molecule has 0 radical (unpaired) electrons. The van der Waals surface area contributed by atoms with E-state index in [1.807, 2.05) is 60.1 Å². The van der Waals surface area contributed by atoms with Gasteiger partial charge in [0, 0.05) is 19.2 Å². The number of amides is 1. The third kappa shape index (κ3) is 5.41. The maximum atomic E-state index is 12.2. The van der Waals surface area contributed by atoms with Crippen LogP contribution in [0, 0.1) is 6.92 Å². The van der Waals surface area contributed by atoms with E-state index in [0.717, 1.165) is 29.8 Å². The average Bonchev–Trinajstić information content (AvgIpc) is 3.15. The van der Waals surface area contributed by atoms with Gasteiger partial charge in [-0.3, -0.25) is 4.79 Å². The molecule has 1 aromatic heterocycles. The highest BCUT2D eigenvalue weighted by atomic mass is 16.5. The van der Waals surface area contributed by atoms with E-state index in [2.05, 4.69) is 16.6 Å². The van der Waals surface area contributed by atoms with Gasteiger partial charge in [-0.15, -0.1) is 0 Å². The molecule has 1 heterocycles. The first-order chi connectivity index (χ1) is 14.6. The lowest BCUT2D eigenvalue weighted by Gasteiger charge is -2.12. The smallest absolute Gasteiger partial charge is 0.220 e. The largest absolute Gasteiger partial charge is 0.493 e. The first-order valence-corrected chi connectivity index (χ1v) is 10.2. The molecular weight excluding hydrogens is 378 g/mol. The molecule has 3 aromatic rings. The lowest BCUT2D eigenvalue weighted by Crippen LogP contribution is -2.25. The lowest BCUT2D eigenvalue weighted by atomic mass is 10.1. The van der Waals surface area contributed by atoms with E-state index in [0.29, 0.717) is 30.9 Å². The molecule has 0 fully saturated rings. The van der Waals surface area contributed by atoms with Gasteiger partial charge in [0.1, 0.15) is 0 Å². The first-order valence-electron chi connectivity index (χ1n) is 10.2. The van der Waals surface area contributed by atoms with Crippen LogP contribution in [0.5, 0.6) is 11.5 Å². The highest BCUT2D eigenvalue weighted by molar-refractivity contribution is 5.76. The molecule has 0 spiro atoms. The number of hydrogen-bond donors (Lipinski definition) is 1. The second-order valence-corrected chi connectivity index (χ2v) is 7.13. The molecule has 0 aliphatic rings. The van der Waals surface area contributed by atoms with Crippen LogP contribution >= 0.6 is 0 Å². The van der Waals surface area contributed by atoms with E-state index in [-0.39, 0.29) is 5.91 Å². The standard InChI is InChI=1S/C24H29N3O3/c1-18-20(17-27(26-18)21-11-5-4-6-12-21)10-8-16-25-23(28)15-14-19-9-7-13-22(29-2)24(19)30-3/h4-7,9,11-13,17H,8,10,14-16H2,1-3H3,(H,25,28). The van der Waals surface area contributed by atoms with Crippen molar-refractivity contribution in [1.29, 1.82) is 0 Å². The molecule has 0 unspecified atom stereocenters. The summed E-state index contributed by atoms with van der Waals surface area (Å²) < 4.78 is 12.6. The zero-order valence-electron chi connectivity index (χ0n) is 17.9. The van der Waals surface area contributed by atoms with Crippen LogP contribution in [-0.4, -0.2) is 36.5 Å². The van der Waals surface area contributed by atoms with Crippen molar-refractivity contribution in [2.45, 2.75) is 32.6 Å². The Labute approximate surface area is 177 Å². The fraction of sp³-hybridized carbons (Fsp3) is 0.333. The van der Waals surface area contributed by atoms with E-state index in [9.17, 15) is 4.79 Å². The van der Waals surface area contributed by atoms with Gasteiger partial charge in [-0.2, -0.15) is 5.10 Å². The summed E-state index contributed by atoms with van der Waals surface area (Å²) in [5.41, 5.74) is 4.24. The summed E-state index contributed by atoms with van der Waals surface area (Å²) >= 11 is 0. The molecule has 0 saturated carbocycles. The molecule has 30 heavy (non-hydrogen) atoms. The molecule has 6 nitrogen and oxygen atoms in total. The molecule has 0 saturated heterocycles. The van der Waals surface area contributed by atoms with Crippen LogP contribution in [0.3, 0.4) is 0 Å². The number of para-hydroxylation sites is 2. The number of hydrogen-bond acceptors (Lipinski definition) is 4. The maximum absolute atomic E-state index is 12.2. The molecule has 3 rings (SSSR count). The summed E-state index contributed by atoms with van der Waals surface area (Å²) in [6, 6.07) is 15.8. The van der Waals surface area contributed by atoms with Crippen LogP contribution in [0.25, 0.3) is 5.69 Å². The van der Waals surface area contributed by atoms with Crippen LogP contribution in [0.1, 0.15) is 29.7 Å². The predicted octanol–water partition coefficient (Wildman–Crippen LogP) is 3.88. The number of nitrogens with one attached hydrogen (secondary N) is 1. The predicted molar refractivity (Wildman–Crippen MR) is 117 cm³/mol. The molecule has 0 aliphatic heterocycles. The topological polar surface area (TPSA) is 65.4 Å². The molecule has 0 bridgehead atoms. The minimum absolute atomic E-state index is 0.0385. The van der Waals surface area contributed by atoms with Gasteiger partial charge in [-0.25, -0.2) is 4.68 Å². The SMILES string of the molecule is COc1cccc(CCC(=O)NCCCc2cn(-c3ccccc3)nc2C)c1OC.